The van der Waals surface area contributed by atoms with Crippen molar-refractivity contribution in [2.75, 3.05) is 11.4 Å². The Morgan fingerprint density at radius 3 is 2.64 bits per heavy atom. The van der Waals surface area contributed by atoms with Gasteiger partial charge in [-0.05, 0) is 23.6 Å². The second-order valence-electron chi connectivity index (χ2n) is 5.88. The second-order valence-corrected chi connectivity index (χ2v) is 5.88. The minimum Gasteiger partial charge on any atom is -0.338 e. The van der Waals surface area contributed by atoms with Gasteiger partial charge in [0.05, 0.1) is 0 Å². The Hall–Kier alpha value is -2.33. The number of carbonyl (C=O) groups excluding carboxylic acids is 1. The van der Waals surface area contributed by atoms with Gasteiger partial charge in [0.2, 0.25) is 5.91 Å². The molecule has 4 heteroatoms. The normalized spacial score (nSPS) is 24.0. The molecule has 1 saturated heterocycles. The van der Waals surface area contributed by atoms with E-state index in [1.165, 1.54) is 11.3 Å². The lowest BCUT2D eigenvalue weighted by molar-refractivity contribution is -0.124. The van der Waals surface area contributed by atoms with Gasteiger partial charge in [0.25, 0.3) is 0 Å². The van der Waals surface area contributed by atoms with E-state index in [2.05, 4.69) is 51.9 Å². The first-order chi connectivity index (χ1) is 10.8. The molecule has 0 radical (unpaired) electrons. The number of carbonyl (C=O) groups is 1. The predicted molar refractivity (Wildman–Crippen MR) is 86.4 cm³/mol. The molecule has 4 rings (SSSR count). The molecule has 2 aromatic carbocycles. The number of benzene rings is 2. The molecule has 2 aliphatic rings. The van der Waals surface area contributed by atoms with Crippen LogP contribution < -0.4 is 15.5 Å². The quantitative estimate of drug-likeness (QED) is 0.892. The number of fused-ring (bicyclic) bond motifs is 1. The molecular weight excluding hydrogens is 274 g/mol. The highest BCUT2D eigenvalue weighted by molar-refractivity contribution is 5.78. The molecular formula is C18H19N3O. The van der Waals surface area contributed by atoms with Crippen LogP contribution in [0.3, 0.4) is 0 Å². The van der Waals surface area contributed by atoms with Crippen molar-refractivity contribution in [1.82, 2.24) is 10.6 Å². The summed E-state index contributed by atoms with van der Waals surface area (Å²) in [7, 11) is 0. The van der Waals surface area contributed by atoms with Crippen molar-refractivity contribution in [3.63, 3.8) is 0 Å². The Morgan fingerprint density at radius 1 is 1.00 bits per heavy atom. The summed E-state index contributed by atoms with van der Waals surface area (Å²) in [6.45, 7) is 0.929. The molecule has 2 unspecified atom stereocenters. The zero-order valence-corrected chi connectivity index (χ0v) is 12.3. The molecule has 22 heavy (non-hydrogen) atoms. The molecule has 2 N–H and O–H groups in total. The molecule has 0 saturated carbocycles. The standard InChI is InChI=1S/C18H19N3O/c22-17-12-15(13-6-2-1-3-7-13)19-18(20-17)21-11-10-14-8-4-5-9-16(14)21/h1-9,15,18-19H,10-12H2,(H,20,22). The average Bonchev–Trinajstić information content (AvgIpc) is 2.99. The summed E-state index contributed by atoms with van der Waals surface area (Å²) < 4.78 is 0. The summed E-state index contributed by atoms with van der Waals surface area (Å²) in [5, 5.41) is 6.65. The van der Waals surface area contributed by atoms with Crippen molar-refractivity contribution in [2.45, 2.75) is 25.2 Å². The molecule has 4 nitrogen and oxygen atoms in total. The monoisotopic (exact) mass is 293 g/mol. The van der Waals surface area contributed by atoms with E-state index >= 15 is 0 Å². The molecule has 2 heterocycles. The lowest BCUT2D eigenvalue weighted by Crippen LogP contribution is -2.61. The van der Waals surface area contributed by atoms with Crippen LogP contribution in [0.4, 0.5) is 5.69 Å². The minimum atomic E-state index is -0.143. The van der Waals surface area contributed by atoms with Gasteiger partial charge in [-0.2, -0.15) is 0 Å². The first kappa shape index (κ1) is 13.3. The summed E-state index contributed by atoms with van der Waals surface area (Å²) in [6, 6.07) is 18.7. The maximum absolute atomic E-state index is 12.1. The van der Waals surface area contributed by atoms with Gasteiger partial charge in [0.15, 0.2) is 6.29 Å². The Morgan fingerprint density at radius 2 is 1.77 bits per heavy atom. The van der Waals surface area contributed by atoms with Gasteiger partial charge in [-0.15, -0.1) is 0 Å². The zero-order chi connectivity index (χ0) is 14.9. The van der Waals surface area contributed by atoms with Crippen LogP contribution >= 0.6 is 0 Å². The predicted octanol–water partition coefficient (Wildman–Crippen LogP) is 2.18. The van der Waals surface area contributed by atoms with Gasteiger partial charge in [-0.25, -0.2) is 0 Å². The van der Waals surface area contributed by atoms with Crippen LogP contribution in [-0.2, 0) is 11.2 Å². The zero-order valence-electron chi connectivity index (χ0n) is 12.3. The van der Waals surface area contributed by atoms with E-state index < -0.39 is 0 Å². The van der Waals surface area contributed by atoms with Gasteiger partial charge in [0.1, 0.15) is 0 Å². The number of para-hydroxylation sites is 1. The number of amides is 1. The molecule has 1 amide bonds. The van der Waals surface area contributed by atoms with E-state index in [9.17, 15) is 4.79 Å². The largest absolute Gasteiger partial charge is 0.338 e. The third kappa shape index (κ3) is 2.35. The number of anilines is 1. The fourth-order valence-electron chi connectivity index (χ4n) is 3.39. The molecule has 112 valence electrons. The van der Waals surface area contributed by atoms with E-state index in [1.54, 1.807) is 0 Å². The Bertz CT molecular complexity index is 686. The van der Waals surface area contributed by atoms with Gasteiger partial charge < -0.3 is 10.2 Å². The lowest BCUT2D eigenvalue weighted by atomic mass is 10.0. The summed E-state index contributed by atoms with van der Waals surface area (Å²) in [4.78, 5) is 14.4. The van der Waals surface area contributed by atoms with Gasteiger partial charge in [0, 0.05) is 24.7 Å². The van der Waals surface area contributed by atoms with E-state index in [0.29, 0.717) is 6.42 Å². The molecule has 1 fully saturated rings. The highest BCUT2D eigenvalue weighted by atomic mass is 16.2. The van der Waals surface area contributed by atoms with Crippen LogP contribution in [0.1, 0.15) is 23.6 Å². The minimum absolute atomic E-state index is 0.0627. The van der Waals surface area contributed by atoms with Crippen molar-refractivity contribution < 1.29 is 4.79 Å². The van der Waals surface area contributed by atoms with Crippen LogP contribution in [0.15, 0.2) is 54.6 Å². The van der Waals surface area contributed by atoms with Gasteiger partial charge in [-0.3, -0.25) is 10.1 Å². The molecule has 0 aromatic heterocycles. The molecule has 2 aromatic rings. The molecule has 2 aliphatic heterocycles. The highest BCUT2D eigenvalue weighted by Gasteiger charge is 2.33. The van der Waals surface area contributed by atoms with Crippen LogP contribution in [0.5, 0.6) is 0 Å². The number of nitrogens with one attached hydrogen (secondary N) is 2. The Balaban J connectivity index is 1.59. The third-order valence-corrected chi connectivity index (χ3v) is 4.48. The summed E-state index contributed by atoms with van der Waals surface area (Å²) in [5.74, 6) is 0.0991. The van der Waals surface area contributed by atoms with Crippen LogP contribution in [0, 0.1) is 0 Å². The highest BCUT2D eigenvalue weighted by Crippen LogP contribution is 2.30. The van der Waals surface area contributed by atoms with E-state index in [0.717, 1.165) is 18.5 Å². The Labute approximate surface area is 130 Å². The maximum atomic E-state index is 12.1. The lowest BCUT2D eigenvalue weighted by Gasteiger charge is -2.38. The SMILES string of the molecule is O=C1CC(c2ccccc2)NC(N2CCc3ccccc32)N1. The molecule has 0 bridgehead atoms. The number of rotatable bonds is 2. The van der Waals surface area contributed by atoms with Crippen molar-refractivity contribution in [2.24, 2.45) is 0 Å². The van der Waals surface area contributed by atoms with Gasteiger partial charge in [-0.1, -0.05) is 48.5 Å². The van der Waals surface area contributed by atoms with E-state index in [1.807, 2.05) is 18.2 Å². The maximum Gasteiger partial charge on any atom is 0.224 e. The summed E-state index contributed by atoms with van der Waals surface area (Å²) in [5.41, 5.74) is 3.73. The number of hydrogen-bond donors (Lipinski definition) is 2. The third-order valence-electron chi connectivity index (χ3n) is 4.48. The van der Waals surface area contributed by atoms with Crippen LogP contribution in [0.2, 0.25) is 0 Å². The van der Waals surface area contributed by atoms with Crippen molar-refractivity contribution in [3.8, 4) is 0 Å². The topological polar surface area (TPSA) is 44.4 Å². The molecule has 2 atom stereocenters. The smallest absolute Gasteiger partial charge is 0.224 e. The average molecular weight is 293 g/mol. The summed E-state index contributed by atoms with van der Waals surface area (Å²) >= 11 is 0. The number of hydrogen-bond acceptors (Lipinski definition) is 3. The Kier molecular flexibility index (Phi) is 3.31. The molecule has 0 aliphatic carbocycles. The fourth-order valence-corrected chi connectivity index (χ4v) is 3.39. The first-order valence-electron chi connectivity index (χ1n) is 7.76. The van der Waals surface area contributed by atoms with Crippen LogP contribution in [-0.4, -0.2) is 18.7 Å². The first-order valence-corrected chi connectivity index (χ1v) is 7.76. The second kappa shape index (κ2) is 5.46. The summed E-state index contributed by atoms with van der Waals surface area (Å²) in [6.07, 6.45) is 1.37. The van der Waals surface area contributed by atoms with Gasteiger partial charge >= 0.3 is 0 Å². The molecule has 0 spiro atoms. The van der Waals surface area contributed by atoms with E-state index in [4.69, 9.17) is 0 Å². The van der Waals surface area contributed by atoms with Crippen LogP contribution in [0.25, 0.3) is 0 Å². The fraction of sp³-hybridized carbons (Fsp3) is 0.278. The van der Waals surface area contributed by atoms with Crippen molar-refractivity contribution in [3.05, 3.63) is 65.7 Å². The van der Waals surface area contributed by atoms with Crippen molar-refractivity contribution >= 4 is 11.6 Å². The van der Waals surface area contributed by atoms with Crippen molar-refractivity contribution in [1.29, 1.82) is 0 Å². The number of nitrogens with zero attached hydrogens (tertiary/aromatic N) is 1. The van der Waals surface area contributed by atoms with E-state index in [-0.39, 0.29) is 18.2 Å².